The number of fused-ring (bicyclic) bond motifs is 6. The summed E-state index contributed by atoms with van der Waals surface area (Å²) in [6.45, 7) is 4.90. The average molecular weight is 664 g/mol. The third kappa shape index (κ3) is 5.18. The fourth-order valence-electron chi connectivity index (χ4n) is 10.9. The highest BCUT2D eigenvalue weighted by Gasteiger charge is 2.41. The van der Waals surface area contributed by atoms with E-state index in [9.17, 15) is 0 Å². The molecule has 0 aromatic heterocycles. The maximum atomic E-state index is 2.56. The Hall–Kier alpha value is -4.62. The zero-order valence-electron chi connectivity index (χ0n) is 30.2. The van der Waals surface area contributed by atoms with E-state index >= 15 is 0 Å². The Morgan fingerprint density at radius 1 is 0.569 bits per heavy atom. The summed E-state index contributed by atoms with van der Waals surface area (Å²) in [7, 11) is 0. The van der Waals surface area contributed by atoms with E-state index in [2.05, 4.69) is 146 Å². The molecule has 3 saturated carbocycles. The fourth-order valence-corrected chi connectivity index (χ4v) is 10.9. The van der Waals surface area contributed by atoms with Crippen molar-refractivity contribution >= 4 is 27.8 Å². The van der Waals surface area contributed by atoms with Crippen molar-refractivity contribution in [2.24, 2.45) is 11.8 Å². The Bertz CT molecular complexity index is 2240. The summed E-state index contributed by atoms with van der Waals surface area (Å²) in [5, 5.41) is 2.54. The first-order chi connectivity index (χ1) is 25.0. The van der Waals surface area contributed by atoms with E-state index in [1.54, 1.807) is 5.56 Å². The number of benzene rings is 6. The lowest BCUT2D eigenvalue weighted by molar-refractivity contribution is 0.420. The standard InChI is InChI=1S/C50H49N/c1-50(2)46-19-11-18-42(34-12-5-3-6-13-34)49(46)43-27-26-41(32-47(43)50)51(40-24-22-36(23-25-40)44-29-33-20-21-39(44)28-33)48-31-38-17-10-9-16-37(38)30-45(48)35-14-7-4-8-15-35/h4,7-11,14-19,22-27,30-34,39,44H,3,5-6,12-13,20-21,28-29H2,1-2H3. The van der Waals surface area contributed by atoms with Crippen molar-refractivity contribution in [3.8, 4) is 22.3 Å². The molecule has 0 radical (unpaired) electrons. The minimum absolute atomic E-state index is 0.0751. The van der Waals surface area contributed by atoms with Gasteiger partial charge in [0.15, 0.2) is 0 Å². The molecule has 0 aliphatic heterocycles. The number of hydrogen-bond donors (Lipinski definition) is 0. The monoisotopic (exact) mass is 663 g/mol. The summed E-state index contributed by atoms with van der Waals surface area (Å²) in [5.41, 5.74) is 15.1. The first-order valence-corrected chi connectivity index (χ1v) is 19.8. The van der Waals surface area contributed by atoms with Crippen LogP contribution in [0.25, 0.3) is 33.0 Å². The fraction of sp³-hybridized carbons (Fsp3) is 0.320. The molecule has 0 amide bonds. The van der Waals surface area contributed by atoms with Crippen LogP contribution in [0.15, 0.2) is 127 Å². The second-order valence-electron chi connectivity index (χ2n) is 16.8. The van der Waals surface area contributed by atoms with E-state index in [1.807, 2.05) is 0 Å². The van der Waals surface area contributed by atoms with Gasteiger partial charge < -0.3 is 4.90 Å². The second-order valence-corrected chi connectivity index (χ2v) is 16.8. The van der Waals surface area contributed by atoms with Gasteiger partial charge in [-0.15, -0.1) is 0 Å². The normalized spacial score (nSPS) is 21.9. The molecule has 6 aromatic rings. The third-order valence-corrected chi connectivity index (χ3v) is 13.5. The highest BCUT2D eigenvalue weighted by Crippen LogP contribution is 2.56. The highest BCUT2D eigenvalue weighted by atomic mass is 15.1. The van der Waals surface area contributed by atoms with Gasteiger partial charge in [-0.3, -0.25) is 0 Å². The molecule has 3 unspecified atom stereocenters. The van der Waals surface area contributed by atoms with Crippen LogP contribution in [0.1, 0.15) is 106 Å². The Morgan fingerprint density at radius 2 is 1.31 bits per heavy atom. The predicted octanol–water partition coefficient (Wildman–Crippen LogP) is 14.2. The van der Waals surface area contributed by atoms with Crippen LogP contribution >= 0.6 is 0 Å². The van der Waals surface area contributed by atoms with Crippen molar-refractivity contribution in [1.29, 1.82) is 0 Å². The first kappa shape index (κ1) is 31.1. The van der Waals surface area contributed by atoms with Crippen LogP contribution in [0.5, 0.6) is 0 Å². The van der Waals surface area contributed by atoms with Gasteiger partial charge in [0, 0.05) is 22.4 Å². The van der Waals surface area contributed by atoms with Gasteiger partial charge in [-0.1, -0.05) is 131 Å². The van der Waals surface area contributed by atoms with Gasteiger partial charge in [0.05, 0.1) is 5.69 Å². The van der Waals surface area contributed by atoms with Crippen molar-refractivity contribution in [3.63, 3.8) is 0 Å². The lowest BCUT2D eigenvalue weighted by Gasteiger charge is -2.31. The largest absolute Gasteiger partial charge is 0.310 e. The predicted molar refractivity (Wildman–Crippen MR) is 216 cm³/mol. The summed E-state index contributed by atoms with van der Waals surface area (Å²) in [6, 6.07) is 49.0. The van der Waals surface area contributed by atoms with Gasteiger partial charge in [0.2, 0.25) is 0 Å². The number of hydrogen-bond acceptors (Lipinski definition) is 1. The molecule has 1 nitrogen and oxygen atoms in total. The quantitative estimate of drug-likeness (QED) is 0.171. The molecule has 1 heteroatoms. The van der Waals surface area contributed by atoms with E-state index in [4.69, 9.17) is 0 Å². The Morgan fingerprint density at radius 3 is 2.06 bits per heavy atom. The maximum absolute atomic E-state index is 2.56. The smallest absolute Gasteiger partial charge is 0.0546 e. The van der Waals surface area contributed by atoms with Crippen molar-refractivity contribution < 1.29 is 0 Å². The molecular formula is C50H49N. The minimum Gasteiger partial charge on any atom is -0.310 e. The molecule has 4 aliphatic carbocycles. The van der Waals surface area contributed by atoms with Crippen LogP contribution in [0, 0.1) is 11.8 Å². The molecule has 0 saturated heterocycles. The van der Waals surface area contributed by atoms with E-state index in [-0.39, 0.29) is 5.41 Å². The lowest BCUT2D eigenvalue weighted by atomic mass is 9.78. The molecule has 254 valence electrons. The van der Waals surface area contributed by atoms with Crippen LogP contribution in [0.3, 0.4) is 0 Å². The number of anilines is 3. The molecule has 51 heavy (non-hydrogen) atoms. The summed E-state index contributed by atoms with van der Waals surface area (Å²) in [4.78, 5) is 2.56. The van der Waals surface area contributed by atoms with Gasteiger partial charge in [-0.05, 0) is 142 Å². The number of rotatable bonds is 6. The van der Waals surface area contributed by atoms with Gasteiger partial charge in [-0.2, -0.15) is 0 Å². The minimum atomic E-state index is -0.0751. The van der Waals surface area contributed by atoms with Crippen LogP contribution in [0.2, 0.25) is 0 Å². The highest BCUT2D eigenvalue weighted by molar-refractivity contribution is 5.99. The molecule has 2 bridgehead atoms. The van der Waals surface area contributed by atoms with E-state index in [0.717, 1.165) is 17.8 Å². The summed E-state index contributed by atoms with van der Waals surface area (Å²) >= 11 is 0. The topological polar surface area (TPSA) is 3.24 Å². The average Bonchev–Trinajstić information content (AvgIpc) is 3.88. The molecule has 0 heterocycles. The van der Waals surface area contributed by atoms with Gasteiger partial charge in [-0.25, -0.2) is 0 Å². The molecule has 0 N–H and O–H groups in total. The van der Waals surface area contributed by atoms with Crippen LogP contribution < -0.4 is 4.90 Å². The molecule has 4 aliphatic rings. The van der Waals surface area contributed by atoms with E-state index in [0.29, 0.717) is 5.92 Å². The van der Waals surface area contributed by atoms with Crippen LogP contribution in [0.4, 0.5) is 17.1 Å². The molecule has 3 fully saturated rings. The van der Waals surface area contributed by atoms with Crippen LogP contribution in [-0.4, -0.2) is 0 Å². The summed E-state index contributed by atoms with van der Waals surface area (Å²) in [6.07, 6.45) is 12.4. The molecule has 0 spiro atoms. The zero-order valence-corrected chi connectivity index (χ0v) is 30.2. The van der Waals surface area contributed by atoms with E-state index < -0.39 is 0 Å². The summed E-state index contributed by atoms with van der Waals surface area (Å²) in [5.74, 6) is 3.22. The van der Waals surface area contributed by atoms with Gasteiger partial charge in [0.1, 0.15) is 0 Å². The van der Waals surface area contributed by atoms with Crippen molar-refractivity contribution in [2.45, 2.75) is 88.9 Å². The van der Waals surface area contributed by atoms with Crippen molar-refractivity contribution in [1.82, 2.24) is 0 Å². The summed E-state index contributed by atoms with van der Waals surface area (Å²) < 4.78 is 0. The van der Waals surface area contributed by atoms with Gasteiger partial charge >= 0.3 is 0 Å². The molecule has 6 aromatic carbocycles. The zero-order chi connectivity index (χ0) is 34.1. The molecule has 10 rings (SSSR count). The van der Waals surface area contributed by atoms with Crippen molar-refractivity contribution in [2.75, 3.05) is 4.90 Å². The maximum Gasteiger partial charge on any atom is 0.0546 e. The Balaban J connectivity index is 1.15. The molecular weight excluding hydrogens is 615 g/mol. The Kier molecular flexibility index (Phi) is 7.49. The lowest BCUT2D eigenvalue weighted by Crippen LogP contribution is -2.17. The second kappa shape index (κ2) is 12.3. The Labute approximate surface area is 304 Å². The van der Waals surface area contributed by atoms with E-state index in [1.165, 1.54) is 125 Å². The van der Waals surface area contributed by atoms with Crippen molar-refractivity contribution in [3.05, 3.63) is 150 Å². The molecule has 3 atom stereocenters. The third-order valence-electron chi connectivity index (χ3n) is 13.5. The van der Waals surface area contributed by atoms with Crippen LogP contribution in [-0.2, 0) is 5.41 Å². The first-order valence-electron chi connectivity index (χ1n) is 19.8. The SMILES string of the molecule is CC1(C)c2cc(N(c3ccc(C4CC5CCC4C5)cc3)c3cc4ccccc4cc3-c3ccccc3)ccc2-c2c(C3CCCCC3)cccc21. The number of nitrogens with zero attached hydrogens (tertiary/aromatic N) is 1. The van der Waals surface area contributed by atoms with Gasteiger partial charge in [0.25, 0.3) is 0 Å².